The molecule has 0 aliphatic carbocycles. The highest BCUT2D eigenvalue weighted by molar-refractivity contribution is 5.86. The topological polar surface area (TPSA) is 72.1 Å². The molecule has 4 rings (SSSR count). The van der Waals surface area contributed by atoms with Crippen LogP contribution in [0.15, 0.2) is 36.8 Å². The maximum Gasteiger partial charge on any atom is 0.161 e. The molecule has 0 saturated carbocycles. The fourth-order valence-corrected chi connectivity index (χ4v) is 2.40. The largest absolute Gasteiger partial charge is 0.486 e. The SMILES string of the molecule is c1nc(NCc2ccc3c(c2)OCCO3)c2cc[nH]c2n1. The summed E-state index contributed by atoms with van der Waals surface area (Å²) in [7, 11) is 0. The van der Waals surface area contributed by atoms with Gasteiger partial charge in [-0.25, -0.2) is 9.97 Å². The predicted molar refractivity (Wildman–Crippen MR) is 78.6 cm³/mol. The van der Waals surface area contributed by atoms with E-state index < -0.39 is 0 Å². The Morgan fingerprint density at radius 2 is 2.00 bits per heavy atom. The Labute approximate surface area is 121 Å². The van der Waals surface area contributed by atoms with Crippen LogP contribution < -0.4 is 14.8 Å². The van der Waals surface area contributed by atoms with Crippen molar-refractivity contribution in [3.05, 3.63) is 42.4 Å². The Kier molecular flexibility index (Phi) is 2.85. The zero-order valence-corrected chi connectivity index (χ0v) is 11.3. The molecule has 2 N–H and O–H groups in total. The highest BCUT2D eigenvalue weighted by atomic mass is 16.6. The Morgan fingerprint density at radius 1 is 1.10 bits per heavy atom. The molecule has 0 atom stereocenters. The first-order chi connectivity index (χ1) is 10.4. The van der Waals surface area contributed by atoms with Gasteiger partial charge in [-0.15, -0.1) is 0 Å². The molecule has 1 aromatic carbocycles. The van der Waals surface area contributed by atoms with Crippen LogP contribution in [0, 0.1) is 0 Å². The molecule has 0 saturated heterocycles. The third kappa shape index (κ3) is 2.24. The van der Waals surface area contributed by atoms with Crippen LogP contribution >= 0.6 is 0 Å². The van der Waals surface area contributed by atoms with Crippen molar-refractivity contribution in [1.29, 1.82) is 0 Å². The minimum absolute atomic E-state index is 0.597. The summed E-state index contributed by atoms with van der Waals surface area (Å²) in [6, 6.07) is 7.92. The zero-order valence-electron chi connectivity index (χ0n) is 11.3. The second-order valence-electron chi connectivity index (χ2n) is 4.79. The number of anilines is 1. The summed E-state index contributed by atoms with van der Waals surface area (Å²) in [5, 5.41) is 4.31. The standard InChI is InChI=1S/C15H14N4O2/c1-2-12-13(21-6-5-20-12)7-10(1)8-17-15-11-3-4-16-14(11)18-9-19-15/h1-4,7,9H,5-6,8H2,(H2,16,17,18,19). The van der Waals surface area contributed by atoms with Gasteiger partial charge in [0.05, 0.1) is 5.39 Å². The number of ether oxygens (including phenoxy) is 2. The Morgan fingerprint density at radius 3 is 2.95 bits per heavy atom. The van der Waals surface area contributed by atoms with Crippen LogP contribution in [0.4, 0.5) is 5.82 Å². The molecule has 0 fully saturated rings. The molecule has 1 aliphatic rings. The summed E-state index contributed by atoms with van der Waals surface area (Å²) in [5.41, 5.74) is 1.94. The first-order valence-electron chi connectivity index (χ1n) is 6.81. The molecule has 1 aliphatic heterocycles. The molecule has 0 unspecified atom stereocenters. The van der Waals surface area contributed by atoms with E-state index in [0.29, 0.717) is 19.8 Å². The lowest BCUT2D eigenvalue weighted by atomic mass is 10.2. The van der Waals surface area contributed by atoms with Crippen LogP contribution in [0.5, 0.6) is 11.5 Å². The van der Waals surface area contributed by atoms with E-state index in [1.165, 1.54) is 0 Å². The van der Waals surface area contributed by atoms with Gasteiger partial charge in [0, 0.05) is 12.7 Å². The summed E-state index contributed by atoms with van der Waals surface area (Å²) in [5.74, 6) is 2.42. The summed E-state index contributed by atoms with van der Waals surface area (Å²) in [4.78, 5) is 11.5. The Bertz CT molecular complexity index is 784. The molecule has 3 heterocycles. The summed E-state index contributed by atoms with van der Waals surface area (Å²) in [6.45, 7) is 1.87. The number of nitrogens with one attached hydrogen (secondary N) is 2. The van der Waals surface area contributed by atoms with Gasteiger partial charge in [-0.3, -0.25) is 0 Å². The van der Waals surface area contributed by atoms with Crippen LogP contribution in [-0.2, 0) is 6.54 Å². The van der Waals surface area contributed by atoms with E-state index in [0.717, 1.165) is 33.9 Å². The smallest absolute Gasteiger partial charge is 0.161 e. The van der Waals surface area contributed by atoms with Crippen molar-refractivity contribution in [3.8, 4) is 11.5 Å². The molecule has 6 nitrogen and oxygen atoms in total. The van der Waals surface area contributed by atoms with Crippen molar-refractivity contribution < 1.29 is 9.47 Å². The van der Waals surface area contributed by atoms with Crippen LogP contribution in [0.25, 0.3) is 11.0 Å². The molecule has 106 valence electrons. The molecule has 0 amide bonds. The van der Waals surface area contributed by atoms with Crippen LogP contribution in [0.2, 0.25) is 0 Å². The average Bonchev–Trinajstić information content (AvgIpc) is 3.02. The van der Waals surface area contributed by atoms with E-state index in [1.807, 2.05) is 30.5 Å². The number of hydrogen-bond acceptors (Lipinski definition) is 5. The molecular weight excluding hydrogens is 268 g/mol. The summed E-state index contributed by atoms with van der Waals surface area (Å²) in [6.07, 6.45) is 3.40. The van der Waals surface area contributed by atoms with Gasteiger partial charge >= 0.3 is 0 Å². The maximum atomic E-state index is 5.59. The van der Waals surface area contributed by atoms with E-state index in [1.54, 1.807) is 6.33 Å². The lowest BCUT2D eigenvalue weighted by molar-refractivity contribution is 0.171. The van der Waals surface area contributed by atoms with Gasteiger partial charge in [-0.2, -0.15) is 0 Å². The predicted octanol–water partition coefficient (Wildman–Crippen LogP) is 2.34. The zero-order chi connectivity index (χ0) is 14.1. The van der Waals surface area contributed by atoms with E-state index in [9.17, 15) is 0 Å². The van der Waals surface area contributed by atoms with Crippen LogP contribution in [-0.4, -0.2) is 28.2 Å². The summed E-state index contributed by atoms with van der Waals surface area (Å²) < 4.78 is 11.1. The van der Waals surface area contributed by atoms with Gasteiger partial charge in [-0.05, 0) is 23.8 Å². The molecule has 0 spiro atoms. The van der Waals surface area contributed by atoms with Crippen molar-refractivity contribution in [2.24, 2.45) is 0 Å². The van der Waals surface area contributed by atoms with Gasteiger partial charge in [-0.1, -0.05) is 6.07 Å². The monoisotopic (exact) mass is 282 g/mol. The molecule has 21 heavy (non-hydrogen) atoms. The van der Waals surface area contributed by atoms with Gasteiger partial charge in [0.15, 0.2) is 11.5 Å². The highest BCUT2D eigenvalue weighted by Gasteiger charge is 2.12. The van der Waals surface area contributed by atoms with Crippen molar-refractivity contribution in [2.45, 2.75) is 6.54 Å². The lowest BCUT2D eigenvalue weighted by Gasteiger charge is -2.19. The number of fused-ring (bicyclic) bond motifs is 2. The van der Waals surface area contributed by atoms with E-state index in [-0.39, 0.29) is 0 Å². The highest BCUT2D eigenvalue weighted by Crippen LogP contribution is 2.31. The lowest BCUT2D eigenvalue weighted by Crippen LogP contribution is -2.15. The molecule has 0 radical (unpaired) electrons. The molecule has 6 heteroatoms. The fourth-order valence-electron chi connectivity index (χ4n) is 2.40. The van der Waals surface area contributed by atoms with E-state index >= 15 is 0 Å². The first kappa shape index (κ1) is 12.0. The van der Waals surface area contributed by atoms with Crippen molar-refractivity contribution >= 4 is 16.9 Å². The Balaban J connectivity index is 1.55. The van der Waals surface area contributed by atoms with Gasteiger partial charge in [0.1, 0.15) is 31.0 Å². The molecule has 3 aromatic rings. The quantitative estimate of drug-likeness (QED) is 0.771. The number of rotatable bonds is 3. The number of aromatic amines is 1. The maximum absolute atomic E-state index is 5.59. The average molecular weight is 282 g/mol. The third-order valence-electron chi connectivity index (χ3n) is 3.42. The molecular formula is C15H14N4O2. The van der Waals surface area contributed by atoms with Gasteiger partial charge < -0.3 is 19.8 Å². The molecule has 0 bridgehead atoms. The minimum atomic E-state index is 0.597. The normalized spacial score (nSPS) is 13.3. The van der Waals surface area contributed by atoms with Crippen LogP contribution in [0.3, 0.4) is 0 Å². The summed E-state index contributed by atoms with van der Waals surface area (Å²) >= 11 is 0. The van der Waals surface area contributed by atoms with Gasteiger partial charge in [0.2, 0.25) is 0 Å². The van der Waals surface area contributed by atoms with Gasteiger partial charge in [0.25, 0.3) is 0 Å². The second-order valence-corrected chi connectivity index (χ2v) is 4.79. The Hall–Kier alpha value is -2.76. The number of aromatic nitrogens is 3. The molecule has 2 aromatic heterocycles. The number of benzene rings is 1. The first-order valence-corrected chi connectivity index (χ1v) is 6.81. The number of H-pyrrole nitrogens is 1. The second kappa shape index (κ2) is 4.97. The van der Waals surface area contributed by atoms with E-state index in [4.69, 9.17) is 9.47 Å². The van der Waals surface area contributed by atoms with Crippen molar-refractivity contribution in [3.63, 3.8) is 0 Å². The number of hydrogen-bond donors (Lipinski definition) is 2. The van der Waals surface area contributed by atoms with Crippen LogP contribution in [0.1, 0.15) is 5.56 Å². The number of nitrogens with zero attached hydrogens (tertiary/aromatic N) is 2. The minimum Gasteiger partial charge on any atom is -0.486 e. The third-order valence-corrected chi connectivity index (χ3v) is 3.42. The fraction of sp³-hybridized carbons (Fsp3) is 0.200. The van der Waals surface area contributed by atoms with Crippen molar-refractivity contribution in [1.82, 2.24) is 15.0 Å². The van der Waals surface area contributed by atoms with Crippen molar-refractivity contribution in [2.75, 3.05) is 18.5 Å². The van der Waals surface area contributed by atoms with E-state index in [2.05, 4.69) is 20.3 Å².